The molecule has 0 radical (unpaired) electrons. The number of aryl methyl sites for hydroxylation is 1. The van der Waals surface area contributed by atoms with Crippen LogP contribution in [0.4, 0.5) is 13.2 Å². The van der Waals surface area contributed by atoms with E-state index in [1.54, 1.807) is 11.3 Å². The van der Waals surface area contributed by atoms with E-state index in [9.17, 15) is 13.2 Å². The fourth-order valence-electron chi connectivity index (χ4n) is 2.41. The van der Waals surface area contributed by atoms with Crippen molar-refractivity contribution in [3.05, 3.63) is 51.8 Å². The third-order valence-electron chi connectivity index (χ3n) is 3.98. The summed E-state index contributed by atoms with van der Waals surface area (Å²) in [5, 5.41) is 4.83. The van der Waals surface area contributed by atoms with Crippen molar-refractivity contribution in [1.29, 1.82) is 0 Å². The summed E-state index contributed by atoms with van der Waals surface area (Å²) in [6.07, 6.45) is -2.59. The second-order valence-electron chi connectivity index (χ2n) is 5.97. The van der Waals surface area contributed by atoms with Crippen LogP contribution in [0.1, 0.15) is 34.3 Å². The summed E-state index contributed by atoms with van der Waals surface area (Å²) in [6.45, 7) is 4.50. The van der Waals surface area contributed by atoms with Gasteiger partial charge in [-0.1, -0.05) is 17.3 Å². The molecule has 0 fully saturated rings. The molecule has 0 N–H and O–H groups in total. The van der Waals surface area contributed by atoms with Gasteiger partial charge >= 0.3 is 6.18 Å². The number of thiazole rings is 1. The van der Waals surface area contributed by atoms with Crippen molar-refractivity contribution >= 4 is 11.3 Å². The Balaban J connectivity index is 1.76. The lowest BCUT2D eigenvalue weighted by Crippen LogP contribution is -2.21. The summed E-state index contributed by atoms with van der Waals surface area (Å²) in [5.74, 6) is 0.487. The predicted octanol–water partition coefficient (Wildman–Crippen LogP) is 4.71. The quantitative estimate of drug-likeness (QED) is 0.639. The van der Waals surface area contributed by atoms with Crippen LogP contribution in [-0.4, -0.2) is 27.1 Å². The van der Waals surface area contributed by atoms with E-state index in [2.05, 4.69) is 15.1 Å². The minimum Gasteiger partial charge on any atom is -0.337 e. The van der Waals surface area contributed by atoms with E-state index < -0.39 is 11.7 Å². The van der Waals surface area contributed by atoms with Crippen LogP contribution in [0.25, 0.3) is 11.4 Å². The lowest BCUT2D eigenvalue weighted by Gasteiger charge is -2.20. The molecule has 5 nitrogen and oxygen atoms in total. The molecule has 1 atom stereocenters. The topological polar surface area (TPSA) is 55.1 Å². The van der Waals surface area contributed by atoms with Gasteiger partial charge in [-0.25, -0.2) is 4.98 Å². The van der Waals surface area contributed by atoms with Crippen LogP contribution in [0.5, 0.6) is 0 Å². The van der Waals surface area contributed by atoms with Crippen molar-refractivity contribution in [2.75, 3.05) is 7.05 Å². The van der Waals surface area contributed by atoms with Crippen molar-refractivity contribution in [1.82, 2.24) is 20.0 Å². The highest BCUT2D eigenvalue weighted by atomic mass is 32.1. The fraction of sp³-hybridized carbons (Fsp3) is 0.353. The van der Waals surface area contributed by atoms with E-state index >= 15 is 0 Å². The van der Waals surface area contributed by atoms with Gasteiger partial charge in [-0.3, -0.25) is 4.90 Å². The van der Waals surface area contributed by atoms with Gasteiger partial charge in [0.05, 0.1) is 16.6 Å². The van der Waals surface area contributed by atoms with Gasteiger partial charge in [0.15, 0.2) is 0 Å². The Morgan fingerprint density at radius 2 is 2.08 bits per heavy atom. The van der Waals surface area contributed by atoms with Crippen LogP contribution in [0.3, 0.4) is 0 Å². The van der Waals surface area contributed by atoms with Crippen LogP contribution in [0, 0.1) is 6.92 Å². The van der Waals surface area contributed by atoms with Crippen LogP contribution < -0.4 is 0 Å². The van der Waals surface area contributed by atoms with Crippen molar-refractivity contribution in [3.8, 4) is 11.4 Å². The van der Waals surface area contributed by atoms with Gasteiger partial charge in [0.2, 0.25) is 11.7 Å². The zero-order chi connectivity index (χ0) is 18.9. The second kappa shape index (κ2) is 7.16. The first-order valence-electron chi connectivity index (χ1n) is 7.87. The molecule has 0 bridgehead atoms. The number of nitrogens with zero attached hydrogens (tertiary/aromatic N) is 4. The molecular weight excluding hydrogens is 365 g/mol. The highest BCUT2D eigenvalue weighted by Crippen LogP contribution is 2.32. The average molecular weight is 382 g/mol. The molecule has 0 aliphatic heterocycles. The molecular formula is C17H17F3N4OS. The highest BCUT2D eigenvalue weighted by molar-refractivity contribution is 7.11. The largest absolute Gasteiger partial charge is 0.416 e. The Morgan fingerprint density at radius 3 is 2.73 bits per heavy atom. The van der Waals surface area contributed by atoms with Crippen molar-refractivity contribution in [2.45, 2.75) is 32.6 Å². The molecule has 0 amide bonds. The van der Waals surface area contributed by atoms with Crippen LogP contribution in [0.2, 0.25) is 0 Å². The minimum atomic E-state index is -4.41. The van der Waals surface area contributed by atoms with E-state index in [-0.39, 0.29) is 17.4 Å². The number of hydrogen-bond donors (Lipinski definition) is 0. The monoisotopic (exact) mass is 382 g/mol. The Bertz CT molecular complexity index is 890. The number of halogens is 3. The molecule has 1 aromatic carbocycles. The standard InChI is InChI=1S/C17H17F3N4OS/c1-10(24(3)9-14-8-21-11(2)26-14)16-22-15(23-25-16)12-5-4-6-13(7-12)17(18,19)20/h4-8,10H,9H2,1-3H3. The average Bonchev–Trinajstić information content (AvgIpc) is 3.23. The Morgan fingerprint density at radius 1 is 1.31 bits per heavy atom. The fourth-order valence-corrected chi connectivity index (χ4v) is 3.26. The molecule has 0 spiro atoms. The molecule has 1 unspecified atom stereocenters. The summed E-state index contributed by atoms with van der Waals surface area (Å²) in [7, 11) is 1.91. The summed E-state index contributed by atoms with van der Waals surface area (Å²) in [4.78, 5) is 11.6. The van der Waals surface area contributed by atoms with Crippen molar-refractivity contribution < 1.29 is 17.7 Å². The Kier molecular flexibility index (Phi) is 5.10. The molecule has 26 heavy (non-hydrogen) atoms. The van der Waals surface area contributed by atoms with Crippen molar-refractivity contribution in [3.63, 3.8) is 0 Å². The molecule has 0 aliphatic carbocycles. The normalized spacial score (nSPS) is 13.3. The van der Waals surface area contributed by atoms with Crippen LogP contribution in [0.15, 0.2) is 35.0 Å². The predicted molar refractivity (Wildman–Crippen MR) is 91.5 cm³/mol. The number of alkyl halides is 3. The third-order valence-corrected chi connectivity index (χ3v) is 4.88. The molecule has 3 aromatic rings. The highest BCUT2D eigenvalue weighted by Gasteiger charge is 2.31. The van der Waals surface area contributed by atoms with Gasteiger partial charge in [-0.2, -0.15) is 18.2 Å². The first-order chi connectivity index (χ1) is 12.2. The number of aromatic nitrogens is 3. The molecule has 138 valence electrons. The zero-order valence-corrected chi connectivity index (χ0v) is 15.2. The summed E-state index contributed by atoms with van der Waals surface area (Å²) < 4.78 is 43.8. The van der Waals surface area contributed by atoms with Gasteiger partial charge in [-0.15, -0.1) is 11.3 Å². The number of benzene rings is 1. The maximum atomic E-state index is 12.9. The smallest absolute Gasteiger partial charge is 0.337 e. The van der Waals surface area contributed by atoms with Gasteiger partial charge < -0.3 is 4.52 Å². The third kappa shape index (κ3) is 4.10. The lowest BCUT2D eigenvalue weighted by molar-refractivity contribution is -0.137. The first-order valence-corrected chi connectivity index (χ1v) is 8.68. The van der Waals surface area contributed by atoms with Gasteiger partial charge in [0.25, 0.3) is 0 Å². The molecule has 3 rings (SSSR count). The second-order valence-corrected chi connectivity index (χ2v) is 7.29. The summed E-state index contributed by atoms with van der Waals surface area (Å²) >= 11 is 1.61. The molecule has 9 heteroatoms. The maximum Gasteiger partial charge on any atom is 0.416 e. The Labute approximate surface area is 152 Å². The van der Waals surface area contributed by atoms with E-state index in [4.69, 9.17) is 4.52 Å². The zero-order valence-electron chi connectivity index (χ0n) is 14.4. The lowest BCUT2D eigenvalue weighted by atomic mass is 10.1. The maximum absolute atomic E-state index is 12.9. The molecule has 0 saturated carbocycles. The van der Waals surface area contributed by atoms with Crippen molar-refractivity contribution in [2.24, 2.45) is 0 Å². The van der Waals surface area contributed by atoms with E-state index in [0.717, 1.165) is 22.0 Å². The van der Waals surface area contributed by atoms with E-state index in [1.165, 1.54) is 12.1 Å². The van der Waals surface area contributed by atoms with E-state index in [1.807, 2.05) is 32.0 Å². The van der Waals surface area contributed by atoms with Gasteiger partial charge in [0.1, 0.15) is 0 Å². The minimum absolute atomic E-state index is 0.139. The molecule has 2 heterocycles. The molecule has 0 aliphatic rings. The van der Waals surface area contributed by atoms with E-state index in [0.29, 0.717) is 12.4 Å². The van der Waals surface area contributed by atoms with Gasteiger partial charge in [0, 0.05) is 23.2 Å². The first kappa shape index (κ1) is 18.5. The number of hydrogen-bond acceptors (Lipinski definition) is 6. The number of rotatable bonds is 5. The molecule has 0 saturated heterocycles. The summed E-state index contributed by atoms with van der Waals surface area (Å²) in [6, 6.07) is 4.69. The summed E-state index contributed by atoms with van der Waals surface area (Å²) in [5.41, 5.74) is -0.477. The SMILES string of the molecule is Cc1ncc(CN(C)C(C)c2nc(-c3cccc(C(F)(F)F)c3)no2)s1. The van der Waals surface area contributed by atoms with Gasteiger partial charge in [-0.05, 0) is 33.0 Å². The van der Waals surface area contributed by atoms with Crippen LogP contribution in [-0.2, 0) is 12.7 Å². The van der Waals surface area contributed by atoms with Crippen LogP contribution >= 0.6 is 11.3 Å². The Hall–Kier alpha value is -2.26. The molecule has 2 aromatic heterocycles.